The molecule has 1 aromatic heterocycles. The SMILES string of the molecule is Cc1ccc(CN2C(=O)COCC2c2cnccc2N2CCC(c3ccccc3)C2)cc1. The van der Waals surface area contributed by atoms with Gasteiger partial charge in [-0.25, -0.2) is 0 Å². The summed E-state index contributed by atoms with van der Waals surface area (Å²) in [5, 5.41) is 0. The maximum Gasteiger partial charge on any atom is 0.249 e. The third-order valence-corrected chi connectivity index (χ3v) is 6.66. The summed E-state index contributed by atoms with van der Waals surface area (Å²) in [7, 11) is 0. The fraction of sp³-hybridized carbons (Fsp3) is 0.333. The molecule has 5 rings (SSSR count). The Kier molecular flexibility index (Phi) is 5.91. The van der Waals surface area contributed by atoms with Gasteiger partial charge < -0.3 is 14.5 Å². The van der Waals surface area contributed by atoms with E-state index in [0.29, 0.717) is 19.1 Å². The number of carbonyl (C=O) groups is 1. The lowest BCUT2D eigenvalue weighted by atomic mass is 9.98. The minimum Gasteiger partial charge on any atom is -0.371 e. The molecule has 0 saturated carbocycles. The van der Waals surface area contributed by atoms with Gasteiger partial charge in [-0.1, -0.05) is 60.2 Å². The highest BCUT2D eigenvalue weighted by Gasteiger charge is 2.34. The summed E-state index contributed by atoms with van der Waals surface area (Å²) in [6, 6.07) is 21.1. The Morgan fingerprint density at radius 1 is 1.06 bits per heavy atom. The van der Waals surface area contributed by atoms with Crippen LogP contribution >= 0.6 is 0 Å². The predicted molar refractivity (Wildman–Crippen MR) is 126 cm³/mol. The lowest BCUT2D eigenvalue weighted by molar-refractivity contribution is -0.149. The highest BCUT2D eigenvalue weighted by molar-refractivity contribution is 5.79. The zero-order chi connectivity index (χ0) is 21.9. The molecule has 32 heavy (non-hydrogen) atoms. The number of benzene rings is 2. The van der Waals surface area contributed by atoms with E-state index in [1.807, 2.05) is 17.3 Å². The molecule has 2 aliphatic heterocycles. The average Bonchev–Trinajstić information content (AvgIpc) is 3.33. The molecular formula is C27H29N3O2. The molecule has 164 valence electrons. The number of pyridine rings is 1. The van der Waals surface area contributed by atoms with E-state index < -0.39 is 0 Å². The van der Waals surface area contributed by atoms with E-state index in [2.05, 4.69) is 77.5 Å². The van der Waals surface area contributed by atoms with Crippen LogP contribution in [-0.4, -0.2) is 42.1 Å². The molecule has 3 aromatic rings. The van der Waals surface area contributed by atoms with Gasteiger partial charge in [0.15, 0.2) is 0 Å². The Balaban J connectivity index is 1.41. The first kappa shape index (κ1) is 20.7. The second-order valence-electron chi connectivity index (χ2n) is 8.81. The molecule has 2 fully saturated rings. The minimum absolute atomic E-state index is 0.0280. The number of morpholine rings is 1. The van der Waals surface area contributed by atoms with E-state index in [9.17, 15) is 4.79 Å². The summed E-state index contributed by atoms with van der Waals surface area (Å²) in [6.07, 6.45) is 4.89. The van der Waals surface area contributed by atoms with Crippen molar-refractivity contribution in [1.82, 2.24) is 9.88 Å². The Bertz CT molecular complexity index is 1070. The predicted octanol–water partition coefficient (Wildman–Crippen LogP) is 4.48. The lowest BCUT2D eigenvalue weighted by Crippen LogP contribution is -2.44. The van der Waals surface area contributed by atoms with Gasteiger partial charge in [0.25, 0.3) is 0 Å². The second kappa shape index (κ2) is 9.13. The van der Waals surface area contributed by atoms with Crippen LogP contribution < -0.4 is 4.90 Å². The van der Waals surface area contributed by atoms with Gasteiger partial charge in [0.2, 0.25) is 5.91 Å². The number of aromatic nitrogens is 1. The fourth-order valence-corrected chi connectivity index (χ4v) is 4.87. The number of aryl methyl sites for hydroxylation is 1. The monoisotopic (exact) mass is 427 g/mol. The van der Waals surface area contributed by atoms with Crippen molar-refractivity contribution >= 4 is 11.6 Å². The third kappa shape index (κ3) is 4.26. The number of hydrogen-bond acceptors (Lipinski definition) is 4. The number of rotatable bonds is 5. The highest BCUT2D eigenvalue weighted by atomic mass is 16.5. The molecule has 2 saturated heterocycles. The molecule has 2 aliphatic rings. The van der Waals surface area contributed by atoms with Crippen molar-refractivity contribution in [2.75, 3.05) is 31.2 Å². The van der Waals surface area contributed by atoms with Gasteiger partial charge in [-0.15, -0.1) is 0 Å². The molecule has 2 aromatic carbocycles. The van der Waals surface area contributed by atoms with Crippen molar-refractivity contribution in [2.24, 2.45) is 0 Å². The molecule has 1 amide bonds. The molecule has 3 heterocycles. The van der Waals surface area contributed by atoms with Crippen LogP contribution in [0.15, 0.2) is 73.1 Å². The van der Waals surface area contributed by atoms with E-state index in [1.165, 1.54) is 11.1 Å². The standard InChI is InChI=1S/C27H29N3O2/c1-20-7-9-21(10-8-20)16-30-26(18-32-19-27(30)31)24-15-28-13-11-25(24)29-14-12-23(17-29)22-5-3-2-4-6-22/h2-11,13,15,23,26H,12,14,16-19H2,1H3. The lowest BCUT2D eigenvalue weighted by Gasteiger charge is -2.37. The first-order chi connectivity index (χ1) is 15.7. The van der Waals surface area contributed by atoms with E-state index >= 15 is 0 Å². The highest BCUT2D eigenvalue weighted by Crippen LogP contribution is 2.37. The molecule has 0 spiro atoms. The van der Waals surface area contributed by atoms with Gasteiger partial charge in [-0.3, -0.25) is 9.78 Å². The summed E-state index contributed by atoms with van der Waals surface area (Å²) in [5.41, 5.74) is 5.97. The molecule has 5 nitrogen and oxygen atoms in total. The summed E-state index contributed by atoms with van der Waals surface area (Å²) in [4.78, 5) is 21.7. The van der Waals surface area contributed by atoms with Crippen LogP contribution in [0.4, 0.5) is 5.69 Å². The molecule has 0 N–H and O–H groups in total. The van der Waals surface area contributed by atoms with Crippen LogP contribution in [0, 0.1) is 6.92 Å². The number of ether oxygens (including phenoxy) is 1. The van der Waals surface area contributed by atoms with Gasteiger partial charge in [-0.2, -0.15) is 0 Å². The average molecular weight is 428 g/mol. The van der Waals surface area contributed by atoms with Crippen molar-refractivity contribution in [1.29, 1.82) is 0 Å². The van der Waals surface area contributed by atoms with Gasteiger partial charge >= 0.3 is 0 Å². The molecule has 2 atom stereocenters. The van der Waals surface area contributed by atoms with Gasteiger partial charge in [0.05, 0.1) is 12.6 Å². The van der Waals surface area contributed by atoms with Crippen molar-refractivity contribution < 1.29 is 9.53 Å². The summed E-state index contributed by atoms with van der Waals surface area (Å²) in [5.74, 6) is 0.547. The van der Waals surface area contributed by atoms with Gasteiger partial charge in [0, 0.05) is 49.2 Å². The van der Waals surface area contributed by atoms with Crippen molar-refractivity contribution in [3.63, 3.8) is 0 Å². The van der Waals surface area contributed by atoms with Crippen LogP contribution in [0.1, 0.15) is 40.6 Å². The number of hydrogen-bond donors (Lipinski definition) is 0. The van der Waals surface area contributed by atoms with Crippen LogP contribution in [0.3, 0.4) is 0 Å². The van der Waals surface area contributed by atoms with Crippen molar-refractivity contribution in [2.45, 2.75) is 31.8 Å². The Labute approximate surface area is 189 Å². The normalized spacial score (nSPS) is 21.2. The third-order valence-electron chi connectivity index (χ3n) is 6.66. The van der Waals surface area contributed by atoms with E-state index in [4.69, 9.17) is 4.74 Å². The maximum absolute atomic E-state index is 12.9. The van der Waals surface area contributed by atoms with E-state index in [1.54, 1.807) is 0 Å². The number of amides is 1. The second-order valence-corrected chi connectivity index (χ2v) is 8.81. The number of nitrogens with zero attached hydrogens (tertiary/aromatic N) is 3. The Morgan fingerprint density at radius 3 is 2.69 bits per heavy atom. The van der Waals surface area contributed by atoms with Gasteiger partial charge in [-0.05, 0) is 30.5 Å². The molecule has 0 bridgehead atoms. The van der Waals surface area contributed by atoms with Crippen molar-refractivity contribution in [3.05, 3.63) is 95.3 Å². The summed E-state index contributed by atoms with van der Waals surface area (Å²) >= 11 is 0. The maximum atomic E-state index is 12.9. The minimum atomic E-state index is -0.142. The summed E-state index contributed by atoms with van der Waals surface area (Å²) < 4.78 is 5.71. The largest absolute Gasteiger partial charge is 0.371 e. The van der Waals surface area contributed by atoms with E-state index in [-0.39, 0.29) is 18.6 Å². The smallest absolute Gasteiger partial charge is 0.249 e. The topological polar surface area (TPSA) is 45.7 Å². The zero-order valence-corrected chi connectivity index (χ0v) is 18.5. The molecule has 0 aliphatic carbocycles. The van der Waals surface area contributed by atoms with Gasteiger partial charge in [0.1, 0.15) is 6.61 Å². The van der Waals surface area contributed by atoms with Crippen LogP contribution in [-0.2, 0) is 16.1 Å². The molecule has 0 radical (unpaired) electrons. The molecule has 2 unspecified atom stereocenters. The first-order valence-corrected chi connectivity index (χ1v) is 11.4. The quantitative estimate of drug-likeness (QED) is 0.602. The zero-order valence-electron chi connectivity index (χ0n) is 18.5. The van der Waals surface area contributed by atoms with Crippen molar-refractivity contribution in [3.8, 4) is 0 Å². The molecule has 5 heteroatoms. The van der Waals surface area contributed by atoms with Crippen LogP contribution in [0.2, 0.25) is 0 Å². The van der Waals surface area contributed by atoms with E-state index in [0.717, 1.165) is 36.3 Å². The molecular weight excluding hydrogens is 398 g/mol. The Hall–Kier alpha value is -3.18. The number of carbonyl (C=O) groups excluding carboxylic acids is 1. The first-order valence-electron chi connectivity index (χ1n) is 11.4. The van der Waals surface area contributed by atoms with Crippen LogP contribution in [0.25, 0.3) is 0 Å². The van der Waals surface area contributed by atoms with Crippen LogP contribution in [0.5, 0.6) is 0 Å². The fourth-order valence-electron chi connectivity index (χ4n) is 4.87. The number of anilines is 1. The summed E-state index contributed by atoms with van der Waals surface area (Å²) in [6.45, 7) is 5.25. The Morgan fingerprint density at radius 2 is 1.88 bits per heavy atom.